The fourth-order valence-corrected chi connectivity index (χ4v) is 1.52. The molecule has 0 aliphatic carbocycles. The van der Waals surface area contributed by atoms with E-state index in [-0.39, 0.29) is 18.0 Å². The van der Waals surface area contributed by atoms with Crippen molar-refractivity contribution in [2.75, 3.05) is 0 Å². The van der Waals surface area contributed by atoms with Gasteiger partial charge in [-0.15, -0.1) is 0 Å². The van der Waals surface area contributed by atoms with Crippen LogP contribution in [0.25, 0.3) is 10.9 Å². The SMILES string of the molecule is CC(=O)Cn1c(=O)ncc2ccccc21. The molecule has 1 heterocycles. The number of hydrogen-bond acceptors (Lipinski definition) is 3. The lowest BCUT2D eigenvalue weighted by molar-refractivity contribution is -0.117. The zero-order chi connectivity index (χ0) is 10.8. The number of benzene rings is 1. The van der Waals surface area contributed by atoms with Crippen LogP contribution in [0.5, 0.6) is 0 Å². The van der Waals surface area contributed by atoms with Crippen molar-refractivity contribution in [2.24, 2.45) is 0 Å². The summed E-state index contributed by atoms with van der Waals surface area (Å²) in [5.74, 6) is -0.0600. The summed E-state index contributed by atoms with van der Waals surface area (Å²) >= 11 is 0. The van der Waals surface area contributed by atoms with Gasteiger partial charge in [0, 0.05) is 11.6 Å². The van der Waals surface area contributed by atoms with Gasteiger partial charge in [0.1, 0.15) is 5.78 Å². The topological polar surface area (TPSA) is 52.0 Å². The Morgan fingerprint density at radius 3 is 2.87 bits per heavy atom. The van der Waals surface area contributed by atoms with Gasteiger partial charge in [0.2, 0.25) is 0 Å². The average molecular weight is 202 g/mol. The maximum atomic E-state index is 11.5. The molecule has 0 saturated heterocycles. The highest BCUT2D eigenvalue weighted by Gasteiger charge is 2.04. The van der Waals surface area contributed by atoms with E-state index >= 15 is 0 Å². The number of aromatic nitrogens is 2. The van der Waals surface area contributed by atoms with Crippen molar-refractivity contribution in [1.82, 2.24) is 9.55 Å². The number of carbonyl (C=O) groups excluding carboxylic acids is 1. The Balaban J connectivity index is 2.74. The third kappa shape index (κ3) is 1.79. The number of carbonyl (C=O) groups is 1. The van der Waals surface area contributed by atoms with Crippen molar-refractivity contribution >= 4 is 16.7 Å². The van der Waals surface area contributed by atoms with Gasteiger partial charge in [-0.05, 0) is 13.0 Å². The van der Waals surface area contributed by atoms with Crippen LogP contribution < -0.4 is 5.69 Å². The molecule has 1 aromatic carbocycles. The van der Waals surface area contributed by atoms with E-state index in [4.69, 9.17) is 0 Å². The van der Waals surface area contributed by atoms with Crippen LogP contribution in [0.1, 0.15) is 6.92 Å². The molecule has 1 aromatic heterocycles. The maximum absolute atomic E-state index is 11.5. The molecule has 0 amide bonds. The number of fused-ring (bicyclic) bond motifs is 1. The Kier molecular flexibility index (Phi) is 2.33. The predicted molar refractivity (Wildman–Crippen MR) is 56.7 cm³/mol. The second kappa shape index (κ2) is 3.65. The third-order valence-corrected chi connectivity index (χ3v) is 2.15. The first-order chi connectivity index (χ1) is 7.18. The van der Waals surface area contributed by atoms with Crippen molar-refractivity contribution in [2.45, 2.75) is 13.5 Å². The van der Waals surface area contributed by atoms with Crippen LogP contribution in [0.15, 0.2) is 35.3 Å². The minimum absolute atomic E-state index is 0.0600. The predicted octanol–water partition coefficient (Wildman–Crippen LogP) is 0.985. The Bertz CT molecular complexity index is 572. The van der Waals surface area contributed by atoms with Crippen LogP contribution in [0.2, 0.25) is 0 Å². The van der Waals surface area contributed by atoms with E-state index in [2.05, 4.69) is 4.98 Å². The largest absolute Gasteiger partial charge is 0.348 e. The normalized spacial score (nSPS) is 10.5. The second-order valence-electron chi connectivity index (χ2n) is 3.39. The van der Waals surface area contributed by atoms with Crippen LogP contribution in [0, 0.1) is 0 Å². The molecule has 0 radical (unpaired) electrons. The Morgan fingerprint density at radius 1 is 1.40 bits per heavy atom. The quantitative estimate of drug-likeness (QED) is 0.729. The number of ketones is 1. The van der Waals surface area contributed by atoms with Gasteiger partial charge in [0.05, 0.1) is 12.1 Å². The van der Waals surface area contributed by atoms with Gasteiger partial charge in [0.15, 0.2) is 0 Å². The van der Waals surface area contributed by atoms with Crippen molar-refractivity contribution in [3.05, 3.63) is 40.9 Å². The molecule has 0 N–H and O–H groups in total. The van der Waals surface area contributed by atoms with Crippen molar-refractivity contribution in [1.29, 1.82) is 0 Å². The minimum Gasteiger partial charge on any atom is -0.298 e. The van der Waals surface area contributed by atoms with E-state index in [0.29, 0.717) is 0 Å². The van der Waals surface area contributed by atoms with Crippen LogP contribution in [0.4, 0.5) is 0 Å². The second-order valence-corrected chi connectivity index (χ2v) is 3.39. The summed E-state index contributed by atoms with van der Waals surface area (Å²) in [6, 6.07) is 7.37. The van der Waals surface area contributed by atoms with E-state index in [1.807, 2.05) is 18.2 Å². The van der Waals surface area contributed by atoms with Crippen LogP contribution in [-0.2, 0) is 11.3 Å². The molecule has 0 aliphatic rings. The monoisotopic (exact) mass is 202 g/mol. The number of hydrogen-bond donors (Lipinski definition) is 0. The zero-order valence-corrected chi connectivity index (χ0v) is 8.30. The Morgan fingerprint density at radius 2 is 2.13 bits per heavy atom. The molecular weight excluding hydrogens is 192 g/mol. The highest BCUT2D eigenvalue weighted by atomic mass is 16.1. The molecular formula is C11H10N2O2. The van der Waals surface area contributed by atoms with E-state index < -0.39 is 0 Å². The van der Waals surface area contributed by atoms with Gasteiger partial charge in [-0.1, -0.05) is 18.2 Å². The number of Topliss-reactive ketones (excluding diaryl/α,β-unsaturated/α-hetero) is 1. The molecule has 0 saturated carbocycles. The summed E-state index contributed by atoms with van der Waals surface area (Å²) in [6.07, 6.45) is 1.52. The van der Waals surface area contributed by atoms with E-state index in [9.17, 15) is 9.59 Å². The summed E-state index contributed by atoms with van der Waals surface area (Å²) in [5, 5.41) is 0.860. The first-order valence-electron chi connectivity index (χ1n) is 4.62. The smallest absolute Gasteiger partial charge is 0.298 e. The molecule has 0 unspecified atom stereocenters. The first-order valence-corrected chi connectivity index (χ1v) is 4.62. The van der Waals surface area contributed by atoms with Gasteiger partial charge in [-0.25, -0.2) is 9.78 Å². The fourth-order valence-electron chi connectivity index (χ4n) is 1.52. The highest BCUT2D eigenvalue weighted by Crippen LogP contribution is 2.09. The molecule has 76 valence electrons. The molecule has 0 bridgehead atoms. The number of nitrogens with zero attached hydrogens (tertiary/aromatic N) is 2. The molecule has 15 heavy (non-hydrogen) atoms. The van der Waals surface area contributed by atoms with Crippen LogP contribution >= 0.6 is 0 Å². The minimum atomic E-state index is -0.385. The lowest BCUT2D eigenvalue weighted by atomic mass is 10.2. The summed E-state index contributed by atoms with van der Waals surface area (Å²) in [7, 11) is 0. The molecule has 2 aromatic rings. The summed E-state index contributed by atoms with van der Waals surface area (Å²) in [6.45, 7) is 1.53. The maximum Gasteiger partial charge on any atom is 0.348 e. The standard InChI is InChI=1S/C11H10N2O2/c1-8(14)7-13-10-5-3-2-4-9(10)6-12-11(13)15/h2-6H,7H2,1H3. The summed E-state index contributed by atoms with van der Waals surface area (Å²) in [5.41, 5.74) is 0.358. The van der Waals surface area contributed by atoms with Gasteiger partial charge in [0.25, 0.3) is 0 Å². The van der Waals surface area contributed by atoms with Crippen molar-refractivity contribution in [3.63, 3.8) is 0 Å². The van der Waals surface area contributed by atoms with E-state index in [1.165, 1.54) is 17.7 Å². The van der Waals surface area contributed by atoms with Gasteiger partial charge >= 0.3 is 5.69 Å². The van der Waals surface area contributed by atoms with Gasteiger partial charge < -0.3 is 0 Å². The first kappa shape index (κ1) is 9.58. The summed E-state index contributed by atoms with van der Waals surface area (Å²) in [4.78, 5) is 26.2. The average Bonchev–Trinajstić information content (AvgIpc) is 2.22. The van der Waals surface area contributed by atoms with Crippen molar-refractivity contribution in [3.8, 4) is 0 Å². The van der Waals surface area contributed by atoms with E-state index in [1.54, 1.807) is 6.07 Å². The third-order valence-electron chi connectivity index (χ3n) is 2.15. The number of para-hydroxylation sites is 1. The Hall–Kier alpha value is -1.97. The van der Waals surface area contributed by atoms with E-state index in [0.717, 1.165) is 10.9 Å². The van der Waals surface area contributed by atoms with Crippen molar-refractivity contribution < 1.29 is 4.79 Å². The molecule has 0 spiro atoms. The Labute approximate surface area is 86.2 Å². The molecule has 0 atom stereocenters. The molecule has 4 nitrogen and oxygen atoms in total. The van der Waals surface area contributed by atoms with Gasteiger partial charge in [-0.2, -0.15) is 0 Å². The summed E-state index contributed by atoms with van der Waals surface area (Å²) < 4.78 is 1.39. The highest BCUT2D eigenvalue weighted by molar-refractivity contribution is 5.81. The molecule has 0 aliphatic heterocycles. The lowest BCUT2D eigenvalue weighted by Gasteiger charge is -2.06. The fraction of sp³-hybridized carbons (Fsp3) is 0.182. The van der Waals surface area contributed by atoms with Crippen LogP contribution in [-0.4, -0.2) is 15.3 Å². The zero-order valence-electron chi connectivity index (χ0n) is 8.30. The molecule has 0 fully saturated rings. The number of rotatable bonds is 2. The molecule has 4 heteroatoms. The lowest BCUT2D eigenvalue weighted by Crippen LogP contribution is -2.25. The van der Waals surface area contributed by atoms with Gasteiger partial charge in [-0.3, -0.25) is 9.36 Å². The van der Waals surface area contributed by atoms with Crippen LogP contribution in [0.3, 0.4) is 0 Å². The molecule has 2 rings (SSSR count).